The van der Waals surface area contributed by atoms with Crippen molar-refractivity contribution in [3.05, 3.63) is 5.82 Å². The zero-order valence-electron chi connectivity index (χ0n) is 11.3. The molecule has 21 heavy (non-hydrogen) atoms. The minimum absolute atomic E-state index is 0.0340. The number of carbonyl (C=O) groups excluding carboxylic acids is 1. The third kappa shape index (κ3) is 1.80. The van der Waals surface area contributed by atoms with E-state index in [4.69, 9.17) is 5.73 Å². The summed E-state index contributed by atoms with van der Waals surface area (Å²) in [5.74, 6) is -1.03. The normalized spacial score (nSPS) is 35.3. The van der Waals surface area contributed by atoms with Crippen molar-refractivity contribution in [2.45, 2.75) is 21.4 Å². The first-order chi connectivity index (χ1) is 9.93. The van der Waals surface area contributed by atoms with E-state index in [0.29, 0.717) is 0 Å². The van der Waals surface area contributed by atoms with E-state index in [-0.39, 0.29) is 28.2 Å². The molecule has 1 aromatic heterocycles. The number of hydrogen-bond acceptors (Lipinski definition) is 8. The van der Waals surface area contributed by atoms with Gasteiger partial charge in [0.15, 0.2) is 11.2 Å². The lowest BCUT2D eigenvalue weighted by Gasteiger charge is -2.54. The zero-order chi connectivity index (χ0) is 15.4. The van der Waals surface area contributed by atoms with Gasteiger partial charge in [0.25, 0.3) is 0 Å². The van der Waals surface area contributed by atoms with E-state index < -0.39 is 17.4 Å². The molecule has 3 N–H and O–H groups in total. The molecule has 0 aromatic carbocycles. The summed E-state index contributed by atoms with van der Waals surface area (Å²) in [4.78, 5) is 25.4. The van der Waals surface area contributed by atoms with Crippen molar-refractivity contribution < 1.29 is 14.7 Å². The molecule has 9 nitrogen and oxygen atoms in total. The van der Waals surface area contributed by atoms with E-state index in [9.17, 15) is 14.7 Å². The van der Waals surface area contributed by atoms with Gasteiger partial charge in [-0.3, -0.25) is 9.59 Å². The molecule has 2 aliphatic heterocycles. The smallest absolute Gasteiger partial charge is 0.321 e. The van der Waals surface area contributed by atoms with E-state index in [2.05, 4.69) is 15.5 Å². The van der Waals surface area contributed by atoms with E-state index in [1.165, 1.54) is 33.1 Å². The Labute approximate surface area is 128 Å². The average Bonchev–Trinajstić information content (AvgIpc) is 2.90. The van der Waals surface area contributed by atoms with Gasteiger partial charge < -0.3 is 15.7 Å². The number of nitrogens with two attached hydrogens (primary N) is 1. The lowest BCUT2D eigenvalue weighted by molar-refractivity contribution is -0.152. The predicted molar refractivity (Wildman–Crippen MR) is 76.5 cm³/mol. The molecule has 3 heterocycles. The summed E-state index contributed by atoms with van der Waals surface area (Å²) < 4.78 is 1.02. The highest BCUT2D eigenvalue weighted by Crippen LogP contribution is 2.50. The van der Waals surface area contributed by atoms with Crippen LogP contribution in [0, 0.1) is 0 Å². The number of rotatable bonds is 3. The lowest BCUT2D eigenvalue weighted by Crippen LogP contribution is -2.74. The first-order valence-corrected chi connectivity index (χ1v) is 8.37. The highest BCUT2D eigenvalue weighted by Gasteiger charge is 2.63. The number of fused-ring (bicyclic) bond motifs is 1. The Morgan fingerprint density at radius 1 is 1.62 bits per heavy atom. The van der Waals surface area contributed by atoms with Gasteiger partial charge in [-0.1, -0.05) is 0 Å². The highest BCUT2D eigenvalue weighted by molar-refractivity contribution is 8.17. The van der Waals surface area contributed by atoms with Gasteiger partial charge >= 0.3 is 5.97 Å². The highest BCUT2D eigenvalue weighted by atomic mass is 32.2. The number of thioether (sulfide) groups is 2. The zero-order valence-corrected chi connectivity index (χ0v) is 13.0. The number of amides is 1. The Balaban J connectivity index is 2.08. The first-order valence-electron chi connectivity index (χ1n) is 6.14. The Hall–Kier alpha value is -1.33. The summed E-state index contributed by atoms with van der Waals surface area (Å²) in [5, 5.41) is 20.8. The number of β-lactam (4-membered cyclic amide) rings is 1. The van der Waals surface area contributed by atoms with Crippen LogP contribution in [0.4, 0.5) is 0 Å². The van der Waals surface area contributed by atoms with Crippen LogP contribution in [0.2, 0.25) is 0 Å². The van der Waals surface area contributed by atoms with Crippen LogP contribution >= 0.6 is 23.5 Å². The topological polar surface area (TPSA) is 127 Å². The number of tetrazole rings is 1. The molecular weight excluding hydrogens is 316 g/mol. The van der Waals surface area contributed by atoms with Gasteiger partial charge in [-0.25, -0.2) is 4.68 Å². The lowest BCUT2D eigenvalue weighted by atomic mass is 9.86. The SMILES string of the molecule is CSC1S[C@@H]2C(N)C(=O)N2CC1(C(=O)O)c1nnnn1C. The first kappa shape index (κ1) is 14.6. The average molecular weight is 330 g/mol. The number of aliphatic carboxylic acids is 1. The Morgan fingerprint density at radius 2 is 2.33 bits per heavy atom. The van der Waals surface area contributed by atoms with E-state index in [0.717, 1.165) is 0 Å². The number of hydrogen-bond donors (Lipinski definition) is 2. The fourth-order valence-electron chi connectivity index (χ4n) is 2.77. The van der Waals surface area contributed by atoms with Gasteiger partial charge in [-0.15, -0.1) is 28.6 Å². The van der Waals surface area contributed by atoms with Crippen molar-refractivity contribution >= 4 is 35.4 Å². The minimum Gasteiger partial charge on any atom is -0.480 e. The molecule has 0 spiro atoms. The Bertz CT molecular complexity index is 609. The molecule has 3 unspecified atom stereocenters. The van der Waals surface area contributed by atoms with Crippen molar-refractivity contribution in [2.75, 3.05) is 12.8 Å². The summed E-state index contributed by atoms with van der Waals surface area (Å²) in [6.45, 7) is 0.0340. The molecule has 0 aliphatic carbocycles. The molecule has 3 rings (SSSR count). The molecule has 0 bridgehead atoms. The Morgan fingerprint density at radius 3 is 2.86 bits per heavy atom. The summed E-state index contributed by atoms with van der Waals surface area (Å²) >= 11 is 2.80. The maximum absolute atomic E-state index is 12.1. The van der Waals surface area contributed by atoms with Gasteiger partial charge in [0, 0.05) is 13.6 Å². The molecule has 0 radical (unpaired) electrons. The molecule has 114 valence electrons. The summed E-state index contributed by atoms with van der Waals surface area (Å²) in [6.07, 6.45) is 1.83. The summed E-state index contributed by atoms with van der Waals surface area (Å²) in [7, 11) is 1.60. The predicted octanol–water partition coefficient (Wildman–Crippen LogP) is -1.54. The van der Waals surface area contributed by atoms with Crippen molar-refractivity contribution in [3.8, 4) is 0 Å². The number of aromatic nitrogens is 4. The second-order valence-electron chi connectivity index (χ2n) is 4.99. The number of nitrogens with zero attached hydrogens (tertiary/aromatic N) is 5. The van der Waals surface area contributed by atoms with Crippen LogP contribution in [-0.4, -0.2) is 70.9 Å². The van der Waals surface area contributed by atoms with Crippen LogP contribution in [0.25, 0.3) is 0 Å². The molecule has 4 atom stereocenters. The van der Waals surface area contributed by atoms with Gasteiger partial charge in [0.05, 0.1) is 4.58 Å². The molecule has 11 heteroatoms. The number of aryl methyl sites for hydroxylation is 1. The summed E-state index contributed by atoms with van der Waals surface area (Å²) in [6, 6.07) is -0.561. The van der Waals surface area contributed by atoms with Gasteiger partial charge in [0.1, 0.15) is 11.4 Å². The third-order valence-corrected chi connectivity index (χ3v) is 7.10. The van der Waals surface area contributed by atoms with Gasteiger partial charge in [0.2, 0.25) is 5.91 Å². The maximum atomic E-state index is 12.1. The fourth-order valence-corrected chi connectivity index (χ4v) is 5.61. The van der Waals surface area contributed by atoms with Crippen molar-refractivity contribution in [2.24, 2.45) is 12.8 Å². The fraction of sp³-hybridized carbons (Fsp3) is 0.700. The van der Waals surface area contributed by atoms with Crippen LogP contribution in [0.15, 0.2) is 0 Å². The number of carboxylic acid groups (broad SMARTS) is 1. The van der Waals surface area contributed by atoms with Crippen LogP contribution in [0.5, 0.6) is 0 Å². The molecule has 2 saturated heterocycles. The van der Waals surface area contributed by atoms with E-state index >= 15 is 0 Å². The van der Waals surface area contributed by atoms with Crippen LogP contribution in [0.3, 0.4) is 0 Å². The second kappa shape index (κ2) is 4.85. The quantitative estimate of drug-likeness (QED) is 0.634. The third-order valence-electron chi connectivity index (χ3n) is 3.88. The van der Waals surface area contributed by atoms with Crippen molar-refractivity contribution in [1.29, 1.82) is 0 Å². The minimum atomic E-state index is -1.35. The molecule has 1 amide bonds. The van der Waals surface area contributed by atoms with E-state index in [1.807, 2.05) is 6.26 Å². The molecule has 2 fully saturated rings. The van der Waals surface area contributed by atoms with Crippen LogP contribution in [-0.2, 0) is 22.1 Å². The second-order valence-corrected chi connectivity index (χ2v) is 7.46. The monoisotopic (exact) mass is 330 g/mol. The summed E-state index contributed by atoms with van der Waals surface area (Å²) in [5.41, 5.74) is 4.44. The standard InChI is InChI=1S/C10H14N6O3S2/c1-15-7(12-13-14-15)10(8(18)19)3-16-5(17)4(11)6(16)21-9(10)20-2/h4,6,9H,3,11H2,1-2H3,(H,18,19)/t4?,6-,9?,10?/m1/s1. The van der Waals surface area contributed by atoms with Gasteiger partial charge in [-0.2, -0.15) is 0 Å². The maximum Gasteiger partial charge on any atom is 0.321 e. The van der Waals surface area contributed by atoms with Crippen molar-refractivity contribution in [1.82, 2.24) is 25.1 Å². The van der Waals surface area contributed by atoms with E-state index in [1.54, 1.807) is 7.05 Å². The number of carboxylic acids is 1. The molecular formula is C10H14N6O3S2. The van der Waals surface area contributed by atoms with Crippen LogP contribution < -0.4 is 5.73 Å². The Kier molecular flexibility index (Phi) is 3.37. The number of carbonyl (C=O) groups is 2. The van der Waals surface area contributed by atoms with Crippen LogP contribution in [0.1, 0.15) is 5.82 Å². The van der Waals surface area contributed by atoms with Gasteiger partial charge in [-0.05, 0) is 16.7 Å². The molecule has 1 aromatic rings. The molecule has 2 aliphatic rings. The largest absolute Gasteiger partial charge is 0.480 e. The molecule has 0 saturated carbocycles. The van der Waals surface area contributed by atoms with Crippen molar-refractivity contribution in [3.63, 3.8) is 0 Å².